The maximum atomic E-state index is 10.4. The van der Waals surface area contributed by atoms with E-state index in [1.807, 2.05) is 0 Å². The van der Waals surface area contributed by atoms with Gasteiger partial charge in [-0.3, -0.25) is 0 Å². The average Bonchev–Trinajstić information content (AvgIpc) is 1.69. The van der Waals surface area contributed by atoms with Crippen molar-refractivity contribution in [2.24, 2.45) is 0 Å². The van der Waals surface area contributed by atoms with E-state index in [1.54, 1.807) is 0 Å². The molecular weight excluding hydrogens is 655 g/mol. The molecule has 0 fully saturated rings. The van der Waals surface area contributed by atoms with Crippen LogP contribution < -0.4 is 9.64 Å². The first kappa shape index (κ1) is 11.9. The van der Waals surface area contributed by atoms with Gasteiger partial charge in [-0.25, -0.2) is 0 Å². The summed E-state index contributed by atoms with van der Waals surface area (Å²) in [6, 6.07) is -39.2. The number of hydrogen-bond donors (Lipinski definition) is 0. The molecule has 0 amide bonds. The molecule has 0 aromatic heterocycles. The Labute approximate surface area is 365 Å². The molecule has 0 atom stereocenters. The number of benzene rings is 9. The quantitative estimate of drug-likeness (QED) is 0.169. The first-order chi connectivity index (χ1) is 41.4. The summed E-state index contributed by atoms with van der Waals surface area (Å²) in [5, 5.41) is -1.58. The molecule has 10 rings (SSSR count). The molecule has 9 aromatic rings. The predicted molar refractivity (Wildman–Crippen MR) is 226 cm³/mol. The van der Waals surface area contributed by atoms with Crippen molar-refractivity contribution in [2.45, 2.75) is 0 Å². The van der Waals surface area contributed by atoms with Gasteiger partial charge in [0, 0.05) is 33.8 Å². The fraction of sp³-hybridized carbons (Fsp3) is 0. The molecule has 0 saturated heterocycles. The lowest BCUT2D eigenvalue weighted by Crippen LogP contribution is -2.10. The summed E-state index contributed by atoms with van der Waals surface area (Å²) in [7, 11) is 0. The zero-order chi connectivity index (χ0) is 66.3. The Morgan fingerprint density at radius 2 is 0.759 bits per heavy atom. The molecule has 1 aliphatic heterocycles. The Bertz CT molecular complexity index is 4540. The standard InChI is InChI=1S/C52H35NO/c1-4-13-36(14-5-1)38-23-27-43(28-24-38)53(44-29-25-39(26-30-44)37-15-6-2-7-16-37)45-31-32-51-50(35-45)49-34-42-20-11-10-19-41(42)33-48(49)47-22-12-21-46(52(47)54-51)40-17-8-3-9-18-40/h1-35H/i1D,2D,3D,4D,5D,6D,7D,8D,9D,10D,11D,12D,13D,14D,15D,16D,17D,18D,19D,20D,21D,22D,23D,24D,25D,26D,27D,28D,29D,30D,31D,32D,33D,34D,35D. The Morgan fingerprint density at radius 1 is 0.315 bits per heavy atom. The first-order valence-electron chi connectivity index (χ1n) is 33.1. The molecule has 0 radical (unpaired) electrons. The number of ether oxygens (including phenoxy) is 1. The van der Waals surface area contributed by atoms with Gasteiger partial charge in [-0.2, -0.15) is 0 Å². The maximum absolute atomic E-state index is 10.4. The number of para-hydroxylation sites is 1. The Balaban J connectivity index is 1.47. The summed E-state index contributed by atoms with van der Waals surface area (Å²) in [5.74, 6) is -2.17. The molecule has 0 spiro atoms. The monoisotopic (exact) mass is 724 g/mol. The fourth-order valence-electron chi connectivity index (χ4n) is 5.50. The van der Waals surface area contributed by atoms with Gasteiger partial charge in [-0.05, 0) is 104 Å². The highest BCUT2D eigenvalue weighted by molar-refractivity contribution is 6.02. The normalized spacial score (nSPS) is 20.6. The first-order valence-corrected chi connectivity index (χ1v) is 15.6. The number of nitrogens with zero attached hydrogens (tertiary/aromatic N) is 1. The van der Waals surface area contributed by atoms with Crippen LogP contribution in [-0.2, 0) is 0 Å². The van der Waals surface area contributed by atoms with E-state index in [-0.39, 0.29) is 4.90 Å². The summed E-state index contributed by atoms with van der Waals surface area (Å²) in [5.41, 5.74) is -13.2. The van der Waals surface area contributed by atoms with E-state index in [0.29, 0.717) is 0 Å². The topological polar surface area (TPSA) is 12.5 Å². The zero-order valence-electron chi connectivity index (χ0n) is 61.9. The number of rotatable bonds is 6. The van der Waals surface area contributed by atoms with Gasteiger partial charge in [0.1, 0.15) is 11.5 Å². The highest BCUT2D eigenvalue weighted by Crippen LogP contribution is 2.52. The van der Waals surface area contributed by atoms with Gasteiger partial charge >= 0.3 is 0 Å². The molecule has 254 valence electrons. The molecule has 2 heteroatoms. The lowest BCUT2D eigenvalue weighted by Gasteiger charge is -2.27. The fourth-order valence-corrected chi connectivity index (χ4v) is 5.50. The van der Waals surface area contributed by atoms with Crippen molar-refractivity contribution in [3.8, 4) is 67.1 Å². The van der Waals surface area contributed by atoms with E-state index in [2.05, 4.69) is 0 Å². The molecular formula is C52H35NO. The number of anilines is 3. The van der Waals surface area contributed by atoms with Crippen LogP contribution >= 0.6 is 0 Å². The molecule has 0 N–H and O–H groups in total. The molecule has 0 aliphatic carbocycles. The van der Waals surface area contributed by atoms with Gasteiger partial charge in [-0.15, -0.1) is 0 Å². The molecule has 9 aromatic carbocycles. The minimum atomic E-state index is -1.41. The summed E-state index contributed by atoms with van der Waals surface area (Å²) < 4.78 is 323. The Hall–Kier alpha value is -7.16. The largest absolute Gasteiger partial charge is 0.455 e. The van der Waals surface area contributed by atoms with Gasteiger partial charge in [-0.1, -0.05) is 157 Å². The minimum absolute atomic E-state index is 0.232. The molecule has 1 heterocycles. The van der Waals surface area contributed by atoms with Crippen molar-refractivity contribution in [1.82, 2.24) is 0 Å². The SMILES string of the molecule is [2H]c1c([2H])c([2H])c(-c2c([2H])c([2H])c(N(c3c([2H])c([2H])c(-c4c([2H])c([2H])c([2H])c([2H])c4[2H])c([2H])c3[2H])c3c([2H])c([2H])c4c(c3[2H])-c3c(c([2H])c5c([2H])c([2H])c([2H])c([2H])c5c3[2H])-c3c([2H])c([2H])c([2H])c(-c5c([2H])c([2H])c([2H])c([2H])c5[2H])c3O4)c([2H])c2[2H])c([2H])c1[2H]. The third-order valence-electron chi connectivity index (χ3n) is 7.88. The second-order valence-corrected chi connectivity index (χ2v) is 11.0. The number of hydrogen-bond acceptors (Lipinski definition) is 2. The van der Waals surface area contributed by atoms with E-state index in [4.69, 9.17) is 32.2 Å². The van der Waals surface area contributed by atoms with Crippen LogP contribution in [0, 0.1) is 0 Å². The third kappa shape index (κ3) is 5.71. The lowest BCUT2D eigenvalue weighted by atomic mass is 9.90. The van der Waals surface area contributed by atoms with Crippen molar-refractivity contribution in [3.05, 3.63) is 211 Å². The molecule has 0 saturated carbocycles. The van der Waals surface area contributed by atoms with E-state index < -0.39 is 306 Å². The summed E-state index contributed by atoms with van der Waals surface area (Å²) in [6.07, 6.45) is 0. The average molecular weight is 725 g/mol. The zero-order valence-corrected chi connectivity index (χ0v) is 26.9. The highest BCUT2D eigenvalue weighted by Gasteiger charge is 2.26. The predicted octanol–water partition coefficient (Wildman–Crippen LogP) is 14.8. The van der Waals surface area contributed by atoms with Gasteiger partial charge in [0.2, 0.25) is 0 Å². The second kappa shape index (κ2) is 13.4. The van der Waals surface area contributed by atoms with Gasteiger partial charge < -0.3 is 9.64 Å². The van der Waals surface area contributed by atoms with Gasteiger partial charge in [0.25, 0.3) is 0 Å². The van der Waals surface area contributed by atoms with Crippen LogP contribution in [0.15, 0.2) is 211 Å². The van der Waals surface area contributed by atoms with Crippen molar-refractivity contribution in [2.75, 3.05) is 4.90 Å². The van der Waals surface area contributed by atoms with Crippen LogP contribution in [0.25, 0.3) is 66.4 Å². The third-order valence-corrected chi connectivity index (χ3v) is 7.88. The van der Waals surface area contributed by atoms with Gasteiger partial charge in [0.15, 0.2) is 0 Å². The maximum Gasteiger partial charge on any atom is 0.143 e. The van der Waals surface area contributed by atoms with Gasteiger partial charge in [0.05, 0.1) is 48.0 Å². The van der Waals surface area contributed by atoms with Crippen LogP contribution in [0.1, 0.15) is 48.0 Å². The molecule has 0 bridgehead atoms. The van der Waals surface area contributed by atoms with Crippen molar-refractivity contribution in [3.63, 3.8) is 0 Å². The second-order valence-electron chi connectivity index (χ2n) is 11.0. The summed E-state index contributed by atoms with van der Waals surface area (Å²) in [6.45, 7) is 0. The molecule has 54 heavy (non-hydrogen) atoms. The van der Waals surface area contributed by atoms with E-state index in [0.717, 1.165) is 0 Å². The smallest absolute Gasteiger partial charge is 0.143 e. The van der Waals surface area contributed by atoms with Crippen molar-refractivity contribution < 1.29 is 52.7 Å². The van der Waals surface area contributed by atoms with Crippen molar-refractivity contribution >= 4 is 27.8 Å². The molecule has 1 aliphatic rings. The molecule has 2 nitrogen and oxygen atoms in total. The lowest BCUT2D eigenvalue weighted by molar-refractivity contribution is 0.489. The highest BCUT2D eigenvalue weighted by atomic mass is 16.5. The minimum Gasteiger partial charge on any atom is -0.455 e. The van der Waals surface area contributed by atoms with Crippen LogP contribution in [0.3, 0.4) is 0 Å². The van der Waals surface area contributed by atoms with Crippen molar-refractivity contribution in [1.29, 1.82) is 0 Å². The van der Waals surface area contributed by atoms with Crippen LogP contribution in [0.5, 0.6) is 11.5 Å². The summed E-state index contributed by atoms with van der Waals surface area (Å²) in [4.78, 5) is 0.232. The number of fused-ring (bicyclic) bond motifs is 6. The van der Waals surface area contributed by atoms with E-state index >= 15 is 0 Å². The van der Waals surface area contributed by atoms with E-state index in [9.17, 15) is 20.6 Å². The van der Waals surface area contributed by atoms with E-state index in [1.165, 1.54) is 0 Å². The Morgan fingerprint density at radius 3 is 1.31 bits per heavy atom. The van der Waals surface area contributed by atoms with Crippen LogP contribution in [0.4, 0.5) is 17.1 Å². The summed E-state index contributed by atoms with van der Waals surface area (Å²) >= 11 is 0. The van der Waals surface area contributed by atoms with Crippen LogP contribution in [-0.4, -0.2) is 0 Å². The Kier molecular flexibility index (Phi) is 2.97. The van der Waals surface area contributed by atoms with Crippen LogP contribution in [0.2, 0.25) is 0 Å². The molecule has 0 unspecified atom stereocenters.